The van der Waals surface area contributed by atoms with Gasteiger partial charge in [-0.25, -0.2) is 9.86 Å². The average Bonchev–Trinajstić information content (AvgIpc) is 3.05. The van der Waals surface area contributed by atoms with Crippen LogP contribution in [-0.2, 0) is 20.7 Å². The third-order valence-electron chi connectivity index (χ3n) is 3.99. The van der Waals surface area contributed by atoms with Gasteiger partial charge in [-0.05, 0) is 31.0 Å². The summed E-state index contributed by atoms with van der Waals surface area (Å²) in [5.41, 5.74) is 1.39. The van der Waals surface area contributed by atoms with Gasteiger partial charge in [-0.2, -0.15) is 0 Å². The molecule has 2 aliphatic heterocycles. The zero-order valence-corrected chi connectivity index (χ0v) is 13.3. The van der Waals surface area contributed by atoms with E-state index in [9.17, 15) is 14.8 Å². The zero-order chi connectivity index (χ0) is 17.3. The lowest BCUT2D eigenvalue weighted by Crippen LogP contribution is -2.69. The molecule has 128 valence electrons. The molecule has 2 aliphatic rings. The van der Waals surface area contributed by atoms with Crippen LogP contribution in [0.4, 0.5) is 0 Å². The number of hydrogen-bond donors (Lipinski definition) is 2. The van der Waals surface area contributed by atoms with Gasteiger partial charge in [0.15, 0.2) is 11.5 Å². The van der Waals surface area contributed by atoms with Crippen LogP contribution in [0.5, 0.6) is 11.5 Å². The van der Waals surface area contributed by atoms with E-state index in [-0.39, 0.29) is 6.79 Å². The fourth-order valence-electron chi connectivity index (χ4n) is 2.72. The van der Waals surface area contributed by atoms with Crippen molar-refractivity contribution in [3.8, 4) is 11.5 Å². The lowest BCUT2D eigenvalue weighted by Gasteiger charge is -2.43. The standard InChI is InChI=1S/C16H18N2O6/c1-9(5-14(19)22-2)17-15-11(18(21)16(15)20)6-10-3-4-12-13(7-10)24-8-23-12/h3-5,7,11,15,17,21H,6,8H2,1-2H3/b9-5-. The van der Waals surface area contributed by atoms with E-state index in [1.807, 2.05) is 12.1 Å². The first kappa shape index (κ1) is 16.1. The third-order valence-corrected chi connectivity index (χ3v) is 3.99. The number of nitrogens with one attached hydrogen (secondary N) is 1. The van der Waals surface area contributed by atoms with Gasteiger partial charge in [-0.15, -0.1) is 0 Å². The number of benzene rings is 1. The third kappa shape index (κ3) is 3.00. The summed E-state index contributed by atoms with van der Waals surface area (Å²) in [7, 11) is 1.28. The fraction of sp³-hybridized carbons (Fsp3) is 0.375. The predicted octanol–water partition coefficient (Wildman–Crippen LogP) is 0.593. The van der Waals surface area contributed by atoms with Crippen molar-refractivity contribution in [1.82, 2.24) is 10.4 Å². The van der Waals surface area contributed by atoms with Gasteiger partial charge in [-0.1, -0.05) is 6.07 Å². The summed E-state index contributed by atoms with van der Waals surface area (Å²) in [5, 5.41) is 13.5. The monoisotopic (exact) mass is 334 g/mol. The minimum absolute atomic E-state index is 0.189. The summed E-state index contributed by atoms with van der Waals surface area (Å²) in [6.07, 6.45) is 1.69. The van der Waals surface area contributed by atoms with Crippen LogP contribution in [0.25, 0.3) is 0 Å². The van der Waals surface area contributed by atoms with Crippen molar-refractivity contribution < 1.29 is 29.0 Å². The van der Waals surface area contributed by atoms with Crippen molar-refractivity contribution in [3.63, 3.8) is 0 Å². The number of rotatable bonds is 5. The van der Waals surface area contributed by atoms with Crippen molar-refractivity contribution in [3.05, 3.63) is 35.5 Å². The maximum atomic E-state index is 11.9. The number of carbonyl (C=O) groups excluding carboxylic acids is 2. The van der Waals surface area contributed by atoms with E-state index in [0.29, 0.717) is 28.7 Å². The Morgan fingerprint density at radius 2 is 2.21 bits per heavy atom. The summed E-state index contributed by atoms with van der Waals surface area (Å²) in [6.45, 7) is 1.84. The number of nitrogens with zero attached hydrogens (tertiary/aromatic N) is 1. The Balaban J connectivity index is 1.68. The van der Waals surface area contributed by atoms with Crippen LogP contribution in [0.3, 0.4) is 0 Å². The Kier molecular flexibility index (Phi) is 4.30. The zero-order valence-electron chi connectivity index (χ0n) is 13.3. The van der Waals surface area contributed by atoms with Gasteiger partial charge in [0.05, 0.1) is 13.2 Å². The van der Waals surface area contributed by atoms with Crippen LogP contribution < -0.4 is 14.8 Å². The number of ether oxygens (including phenoxy) is 3. The Bertz CT molecular complexity index is 702. The second-order valence-corrected chi connectivity index (χ2v) is 5.61. The highest BCUT2D eigenvalue weighted by atomic mass is 16.7. The SMILES string of the molecule is COC(=O)/C=C(/C)NC1C(=O)N(O)C1Cc1ccc2c(c1)OCO2. The highest BCUT2D eigenvalue weighted by Crippen LogP contribution is 2.34. The first-order valence-electron chi connectivity index (χ1n) is 7.43. The Hall–Kier alpha value is -2.74. The van der Waals surface area contributed by atoms with Gasteiger partial charge in [0.1, 0.15) is 6.04 Å². The van der Waals surface area contributed by atoms with Crippen LogP contribution in [-0.4, -0.2) is 48.1 Å². The van der Waals surface area contributed by atoms with Gasteiger partial charge in [0.2, 0.25) is 6.79 Å². The van der Waals surface area contributed by atoms with Gasteiger partial charge >= 0.3 is 5.97 Å². The fourth-order valence-corrected chi connectivity index (χ4v) is 2.72. The minimum Gasteiger partial charge on any atom is -0.466 e. The molecular weight excluding hydrogens is 316 g/mol. The van der Waals surface area contributed by atoms with Crippen molar-refractivity contribution in [2.24, 2.45) is 0 Å². The Morgan fingerprint density at radius 3 is 2.96 bits per heavy atom. The summed E-state index contributed by atoms with van der Waals surface area (Å²) in [6, 6.07) is 4.43. The lowest BCUT2D eigenvalue weighted by molar-refractivity contribution is -0.209. The second-order valence-electron chi connectivity index (χ2n) is 5.61. The molecule has 0 saturated carbocycles. The molecule has 8 heteroatoms. The van der Waals surface area contributed by atoms with Crippen molar-refractivity contribution in [2.75, 3.05) is 13.9 Å². The first-order valence-corrected chi connectivity index (χ1v) is 7.43. The van der Waals surface area contributed by atoms with Gasteiger partial charge in [-0.3, -0.25) is 10.0 Å². The summed E-state index contributed by atoms with van der Waals surface area (Å²) < 4.78 is 15.1. The molecule has 0 aromatic heterocycles. The van der Waals surface area contributed by atoms with Crippen LogP contribution in [0.1, 0.15) is 12.5 Å². The number of hydrogen-bond acceptors (Lipinski definition) is 7. The topological polar surface area (TPSA) is 97.3 Å². The maximum absolute atomic E-state index is 11.9. The number of allylic oxidation sites excluding steroid dienone is 1. The van der Waals surface area contributed by atoms with E-state index >= 15 is 0 Å². The number of esters is 1. The van der Waals surface area contributed by atoms with Crippen LogP contribution in [0.2, 0.25) is 0 Å². The van der Waals surface area contributed by atoms with E-state index in [1.165, 1.54) is 13.2 Å². The minimum atomic E-state index is -0.610. The molecular formula is C16H18N2O6. The quantitative estimate of drug-likeness (QED) is 0.352. The van der Waals surface area contributed by atoms with Crippen LogP contribution >= 0.6 is 0 Å². The van der Waals surface area contributed by atoms with E-state index < -0.39 is 24.0 Å². The highest BCUT2D eigenvalue weighted by Gasteiger charge is 2.47. The maximum Gasteiger partial charge on any atom is 0.332 e. The summed E-state index contributed by atoms with van der Waals surface area (Å²) in [4.78, 5) is 23.1. The second kappa shape index (κ2) is 6.40. The van der Waals surface area contributed by atoms with E-state index in [1.54, 1.807) is 13.0 Å². The van der Waals surface area contributed by atoms with Crippen LogP contribution in [0, 0.1) is 0 Å². The molecule has 8 nitrogen and oxygen atoms in total. The molecule has 1 fully saturated rings. The molecule has 0 radical (unpaired) electrons. The number of amides is 1. The van der Waals surface area contributed by atoms with E-state index in [4.69, 9.17) is 9.47 Å². The molecule has 2 unspecified atom stereocenters. The smallest absolute Gasteiger partial charge is 0.332 e. The molecule has 0 spiro atoms. The van der Waals surface area contributed by atoms with Crippen LogP contribution in [0.15, 0.2) is 30.0 Å². The van der Waals surface area contributed by atoms with Gasteiger partial charge in [0, 0.05) is 11.8 Å². The molecule has 1 amide bonds. The number of hydroxylamine groups is 2. The molecule has 0 bridgehead atoms. The molecule has 1 aromatic rings. The first-order chi connectivity index (χ1) is 11.5. The number of β-lactam (4-membered cyclic amide) rings is 1. The normalized spacial score (nSPS) is 22.2. The molecule has 1 aromatic carbocycles. The summed E-state index contributed by atoms with van der Waals surface area (Å²) in [5.74, 6) is 0.364. The van der Waals surface area contributed by atoms with Crippen molar-refractivity contribution in [2.45, 2.75) is 25.4 Å². The Labute approximate surface area is 138 Å². The molecule has 1 saturated heterocycles. The average molecular weight is 334 g/mol. The largest absolute Gasteiger partial charge is 0.466 e. The molecule has 24 heavy (non-hydrogen) atoms. The number of methoxy groups -OCH3 is 1. The number of fused-ring (bicyclic) bond motifs is 1. The number of carbonyl (C=O) groups is 2. The van der Waals surface area contributed by atoms with Crippen molar-refractivity contribution >= 4 is 11.9 Å². The van der Waals surface area contributed by atoms with E-state index in [2.05, 4.69) is 10.1 Å². The predicted molar refractivity (Wildman–Crippen MR) is 81.4 cm³/mol. The molecule has 3 rings (SSSR count). The molecule has 2 atom stereocenters. The molecule has 0 aliphatic carbocycles. The van der Waals surface area contributed by atoms with Gasteiger partial charge in [0.25, 0.3) is 5.91 Å². The van der Waals surface area contributed by atoms with E-state index in [0.717, 1.165) is 5.56 Å². The highest BCUT2D eigenvalue weighted by molar-refractivity contribution is 5.89. The summed E-state index contributed by atoms with van der Waals surface area (Å²) >= 11 is 0. The van der Waals surface area contributed by atoms with Gasteiger partial charge < -0.3 is 19.5 Å². The lowest BCUT2D eigenvalue weighted by atomic mass is 9.91. The Morgan fingerprint density at radius 1 is 1.46 bits per heavy atom. The molecule has 2 N–H and O–H groups in total. The van der Waals surface area contributed by atoms with Crippen molar-refractivity contribution in [1.29, 1.82) is 0 Å². The molecule has 2 heterocycles.